The lowest BCUT2D eigenvalue weighted by Gasteiger charge is -2.23. The standard InChI is InChI=1S/C24H32F2N4O5S/c1-16(31)30-22(12-17-6-3-2-4-7-17)23(32)24(33)28-10-5-11-36(34,35)29-15-20(27)14-18-13-19(25)8-9-21(18)26/h2-4,6-9,13,20,22-23,29,32H,5,10-12,14-15,27H2,1H3,(H,28,33)(H,30,31). The molecule has 0 aliphatic heterocycles. The fraction of sp³-hybridized carbons (Fsp3) is 0.417. The molecule has 3 unspecified atom stereocenters. The minimum Gasteiger partial charge on any atom is -0.381 e. The van der Waals surface area contributed by atoms with Crippen LogP contribution in [-0.2, 0) is 32.5 Å². The first-order chi connectivity index (χ1) is 17.0. The van der Waals surface area contributed by atoms with Gasteiger partial charge in [-0.1, -0.05) is 30.3 Å². The Morgan fingerprint density at radius 3 is 2.44 bits per heavy atom. The number of hydrogen-bond donors (Lipinski definition) is 5. The van der Waals surface area contributed by atoms with Gasteiger partial charge in [-0.05, 0) is 48.6 Å². The number of nitrogens with one attached hydrogen (secondary N) is 3. The summed E-state index contributed by atoms with van der Waals surface area (Å²) in [4.78, 5) is 23.9. The van der Waals surface area contributed by atoms with Crippen LogP contribution in [-0.4, -0.2) is 62.4 Å². The van der Waals surface area contributed by atoms with Gasteiger partial charge in [-0.2, -0.15) is 0 Å². The van der Waals surface area contributed by atoms with Crippen LogP contribution in [0.3, 0.4) is 0 Å². The van der Waals surface area contributed by atoms with E-state index in [1.807, 2.05) is 6.07 Å². The van der Waals surface area contributed by atoms with Crippen LogP contribution in [0.15, 0.2) is 48.5 Å². The number of benzene rings is 2. The van der Waals surface area contributed by atoms with E-state index in [1.165, 1.54) is 6.92 Å². The highest BCUT2D eigenvalue weighted by Gasteiger charge is 2.27. The van der Waals surface area contributed by atoms with Crippen molar-refractivity contribution in [3.8, 4) is 0 Å². The van der Waals surface area contributed by atoms with Gasteiger partial charge in [0.1, 0.15) is 11.6 Å². The van der Waals surface area contributed by atoms with Gasteiger partial charge in [0, 0.05) is 26.1 Å². The van der Waals surface area contributed by atoms with Crippen molar-refractivity contribution in [2.24, 2.45) is 5.73 Å². The number of aliphatic hydroxyl groups excluding tert-OH is 1. The zero-order valence-corrected chi connectivity index (χ0v) is 20.7. The number of amides is 2. The molecule has 0 saturated carbocycles. The number of halogens is 2. The van der Waals surface area contributed by atoms with Crippen LogP contribution in [0.2, 0.25) is 0 Å². The molecular weight excluding hydrogens is 494 g/mol. The van der Waals surface area contributed by atoms with Gasteiger partial charge < -0.3 is 21.5 Å². The van der Waals surface area contributed by atoms with Crippen molar-refractivity contribution in [2.45, 2.75) is 44.4 Å². The second kappa shape index (κ2) is 14.0. The molecule has 0 radical (unpaired) electrons. The highest BCUT2D eigenvalue weighted by molar-refractivity contribution is 7.89. The Hall–Kier alpha value is -2.93. The van der Waals surface area contributed by atoms with Gasteiger partial charge in [-0.3, -0.25) is 9.59 Å². The molecule has 36 heavy (non-hydrogen) atoms. The highest BCUT2D eigenvalue weighted by Crippen LogP contribution is 2.11. The van der Waals surface area contributed by atoms with E-state index in [1.54, 1.807) is 24.3 Å². The minimum atomic E-state index is -3.75. The third-order valence-electron chi connectivity index (χ3n) is 5.28. The number of nitrogens with two attached hydrogens (primary N) is 1. The minimum absolute atomic E-state index is 0.0323. The van der Waals surface area contributed by atoms with Gasteiger partial charge in [0.15, 0.2) is 6.10 Å². The van der Waals surface area contributed by atoms with Gasteiger partial charge in [-0.15, -0.1) is 0 Å². The largest absolute Gasteiger partial charge is 0.381 e. The molecule has 0 saturated heterocycles. The molecule has 0 aliphatic rings. The molecule has 2 rings (SSSR count). The van der Waals surface area contributed by atoms with E-state index < -0.39 is 51.7 Å². The maximum atomic E-state index is 13.7. The van der Waals surface area contributed by atoms with E-state index in [9.17, 15) is 31.9 Å². The Morgan fingerprint density at radius 1 is 1.08 bits per heavy atom. The lowest BCUT2D eigenvalue weighted by molar-refractivity contribution is -0.131. The monoisotopic (exact) mass is 526 g/mol. The van der Waals surface area contributed by atoms with Gasteiger partial charge in [0.2, 0.25) is 15.9 Å². The SMILES string of the molecule is CC(=O)NC(Cc1ccccc1)C(O)C(=O)NCCCS(=O)(=O)NCC(N)Cc1cc(F)ccc1F. The van der Waals surface area contributed by atoms with Crippen LogP contribution >= 0.6 is 0 Å². The van der Waals surface area contributed by atoms with Crippen LogP contribution < -0.4 is 21.1 Å². The molecular formula is C24H32F2N4O5S. The number of carbonyl (C=O) groups excluding carboxylic acids is 2. The molecule has 2 aromatic carbocycles. The second-order valence-electron chi connectivity index (χ2n) is 8.45. The fourth-order valence-electron chi connectivity index (χ4n) is 3.49. The molecule has 3 atom stereocenters. The summed E-state index contributed by atoms with van der Waals surface area (Å²) in [6.07, 6.45) is -1.32. The molecule has 0 bridgehead atoms. The second-order valence-corrected chi connectivity index (χ2v) is 10.4. The maximum Gasteiger partial charge on any atom is 0.251 e. The lowest BCUT2D eigenvalue weighted by Crippen LogP contribution is -2.51. The van der Waals surface area contributed by atoms with Crippen molar-refractivity contribution in [3.63, 3.8) is 0 Å². The number of sulfonamides is 1. The topological polar surface area (TPSA) is 151 Å². The summed E-state index contributed by atoms with van der Waals surface area (Å²) >= 11 is 0. The summed E-state index contributed by atoms with van der Waals surface area (Å²) in [5.41, 5.74) is 6.71. The van der Waals surface area contributed by atoms with Crippen LogP contribution in [0.1, 0.15) is 24.5 Å². The van der Waals surface area contributed by atoms with Crippen molar-refractivity contribution in [3.05, 3.63) is 71.3 Å². The first kappa shape index (κ1) is 29.3. The average molecular weight is 527 g/mol. The molecule has 0 fully saturated rings. The zero-order valence-electron chi connectivity index (χ0n) is 19.9. The lowest BCUT2D eigenvalue weighted by atomic mass is 10.0. The van der Waals surface area contributed by atoms with E-state index in [0.29, 0.717) is 0 Å². The number of aliphatic hydroxyl groups is 1. The van der Waals surface area contributed by atoms with E-state index in [-0.39, 0.29) is 43.7 Å². The first-order valence-electron chi connectivity index (χ1n) is 11.4. The van der Waals surface area contributed by atoms with Crippen molar-refractivity contribution in [1.82, 2.24) is 15.4 Å². The number of rotatable bonds is 14. The maximum absolute atomic E-state index is 13.7. The smallest absolute Gasteiger partial charge is 0.251 e. The summed E-state index contributed by atoms with van der Waals surface area (Å²) < 4.78 is 53.7. The van der Waals surface area contributed by atoms with Gasteiger partial charge in [-0.25, -0.2) is 21.9 Å². The van der Waals surface area contributed by atoms with Crippen LogP contribution in [0, 0.1) is 11.6 Å². The normalized spacial score (nSPS) is 14.0. The Balaban J connectivity index is 1.77. The molecule has 0 aliphatic carbocycles. The quantitative estimate of drug-likeness (QED) is 0.225. The van der Waals surface area contributed by atoms with Crippen molar-refractivity contribution in [2.75, 3.05) is 18.8 Å². The fourth-order valence-corrected chi connectivity index (χ4v) is 4.63. The average Bonchev–Trinajstić information content (AvgIpc) is 2.82. The Labute approximate surface area is 209 Å². The molecule has 0 heterocycles. The summed E-state index contributed by atoms with van der Waals surface area (Å²) in [6.45, 7) is 1.07. The van der Waals surface area contributed by atoms with Crippen LogP contribution in [0.4, 0.5) is 8.78 Å². The zero-order chi connectivity index (χ0) is 26.7. The van der Waals surface area contributed by atoms with E-state index >= 15 is 0 Å². The number of hydrogen-bond acceptors (Lipinski definition) is 6. The number of carbonyl (C=O) groups is 2. The van der Waals surface area contributed by atoms with Crippen molar-refractivity contribution < 1.29 is 31.9 Å². The molecule has 198 valence electrons. The third kappa shape index (κ3) is 10.4. The van der Waals surface area contributed by atoms with Crippen LogP contribution in [0.5, 0.6) is 0 Å². The predicted octanol–water partition coefficient (Wildman–Crippen LogP) is 0.369. The predicted molar refractivity (Wildman–Crippen MR) is 131 cm³/mol. The first-order valence-corrected chi connectivity index (χ1v) is 13.1. The molecule has 6 N–H and O–H groups in total. The van der Waals surface area contributed by atoms with Gasteiger partial charge in [0.25, 0.3) is 5.91 Å². The molecule has 0 aromatic heterocycles. The van der Waals surface area contributed by atoms with Crippen LogP contribution in [0.25, 0.3) is 0 Å². The molecule has 12 heteroatoms. The van der Waals surface area contributed by atoms with E-state index in [2.05, 4.69) is 15.4 Å². The van der Waals surface area contributed by atoms with E-state index in [0.717, 1.165) is 23.8 Å². The third-order valence-corrected chi connectivity index (χ3v) is 6.71. The Morgan fingerprint density at radius 2 is 1.78 bits per heavy atom. The van der Waals surface area contributed by atoms with E-state index in [4.69, 9.17) is 5.73 Å². The highest BCUT2D eigenvalue weighted by atomic mass is 32.2. The molecule has 0 spiro atoms. The molecule has 9 nitrogen and oxygen atoms in total. The summed E-state index contributed by atoms with van der Waals surface area (Å²) in [5, 5.41) is 15.5. The molecule has 2 aromatic rings. The summed E-state index contributed by atoms with van der Waals surface area (Å²) in [6, 6.07) is 10.4. The Bertz CT molecular complexity index is 1120. The summed E-state index contributed by atoms with van der Waals surface area (Å²) in [7, 11) is -3.75. The molecule has 2 amide bonds. The van der Waals surface area contributed by atoms with Gasteiger partial charge >= 0.3 is 0 Å². The van der Waals surface area contributed by atoms with Gasteiger partial charge in [0.05, 0.1) is 11.8 Å². The Kier molecular flexibility index (Phi) is 11.4. The van der Waals surface area contributed by atoms with Crippen molar-refractivity contribution >= 4 is 21.8 Å². The summed E-state index contributed by atoms with van der Waals surface area (Å²) in [5.74, 6) is -2.72. The van der Waals surface area contributed by atoms with Crippen molar-refractivity contribution in [1.29, 1.82) is 0 Å².